The number of H-pyrrole nitrogens is 2. The first-order valence-electron chi connectivity index (χ1n) is 11.2. The summed E-state index contributed by atoms with van der Waals surface area (Å²) in [5.74, 6) is -0.752. The SMILES string of the molecule is CCOC(=O)c1ccc(-c2nc(I)c[nH]c2=O)cc1.CCOC(=O)c1ccc(-c2ncc[nH]c2=O)cc1. The van der Waals surface area contributed by atoms with E-state index in [4.69, 9.17) is 9.47 Å². The van der Waals surface area contributed by atoms with Gasteiger partial charge in [-0.25, -0.2) is 19.6 Å². The van der Waals surface area contributed by atoms with Crippen LogP contribution in [0.5, 0.6) is 0 Å². The summed E-state index contributed by atoms with van der Waals surface area (Å²) in [4.78, 5) is 59.5. The maximum atomic E-state index is 11.7. The Bertz CT molecular complexity index is 1480. The van der Waals surface area contributed by atoms with Crippen LogP contribution in [0, 0.1) is 3.70 Å². The lowest BCUT2D eigenvalue weighted by Gasteiger charge is -2.03. The lowest BCUT2D eigenvalue weighted by atomic mass is 10.1. The smallest absolute Gasteiger partial charge is 0.338 e. The predicted octanol–water partition coefficient (Wildman–Crippen LogP) is 3.83. The van der Waals surface area contributed by atoms with Crippen LogP contribution in [0.3, 0.4) is 0 Å². The monoisotopic (exact) mass is 614 g/mol. The minimum atomic E-state index is -0.376. The number of hydrogen-bond donors (Lipinski definition) is 2. The Labute approximate surface area is 225 Å². The molecular formula is C26H23IN4O6. The van der Waals surface area contributed by atoms with E-state index >= 15 is 0 Å². The average molecular weight is 614 g/mol. The number of carbonyl (C=O) groups is 2. The lowest BCUT2D eigenvalue weighted by molar-refractivity contribution is 0.0517. The number of rotatable bonds is 6. The van der Waals surface area contributed by atoms with Gasteiger partial charge in [0.2, 0.25) is 0 Å². The zero-order valence-corrected chi connectivity index (χ0v) is 22.1. The van der Waals surface area contributed by atoms with Crippen LogP contribution in [0.25, 0.3) is 22.5 Å². The first-order valence-corrected chi connectivity index (χ1v) is 12.3. The number of ether oxygens (including phenoxy) is 2. The molecule has 0 aliphatic rings. The molecule has 4 aromatic rings. The number of aromatic amines is 2. The zero-order valence-electron chi connectivity index (χ0n) is 20.0. The molecule has 0 unspecified atom stereocenters. The highest BCUT2D eigenvalue weighted by Crippen LogP contribution is 2.16. The highest BCUT2D eigenvalue weighted by Gasteiger charge is 2.10. The molecule has 11 heteroatoms. The molecule has 0 aliphatic heterocycles. The maximum Gasteiger partial charge on any atom is 0.338 e. The van der Waals surface area contributed by atoms with Gasteiger partial charge in [0.1, 0.15) is 15.1 Å². The standard InChI is InChI=1S/C13H11IN2O3.C13H12N2O3/c1-2-19-13(18)9-5-3-8(4-6-9)11-12(17)15-7-10(14)16-11;1-2-18-13(17)10-5-3-9(4-6-10)11-12(16)15-8-7-14-11/h3-7H,2H2,1H3,(H,15,17);3-8H,2H2,1H3,(H,15,16). The number of carbonyl (C=O) groups excluding carboxylic acids is 2. The van der Waals surface area contributed by atoms with Gasteiger partial charge >= 0.3 is 11.9 Å². The summed E-state index contributed by atoms with van der Waals surface area (Å²) in [7, 11) is 0. The molecule has 4 rings (SSSR count). The normalized spacial score (nSPS) is 10.1. The summed E-state index contributed by atoms with van der Waals surface area (Å²) in [5, 5.41) is 0. The van der Waals surface area contributed by atoms with Crippen LogP contribution in [-0.4, -0.2) is 45.1 Å². The van der Waals surface area contributed by atoms with E-state index in [1.807, 2.05) is 22.6 Å². The number of esters is 2. The van der Waals surface area contributed by atoms with Crippen LogP contribution in [0.15, 0.2) is 76.7 Å². The first-order chi connectivity index (χ1) is 17.8. The van der Waals surface area contributed by atoms with Gasteiger partial charge in [-0.2, -0.15) is 0 Å². The second kappa shape index (κ2) is 13.3. The molecule has 2 aromatic heterocycles. The number of nitrogens with zero attached hydrogens (tertiary/aromatic N) is 2. The van der Waals surface area contributed by atoms with Crippen LogP contribution in [-0.2, 0) is 9.47 Å². The molecule has 37 heavy (non-hydrogen) atoms. The fraction of sp³-hybridized carbons (Fsp3) is 0.154. The number of hydrogen-bond acceptors (Lipinski definition) is 8. The molecule has 0 bridgehead atoms. The number of benzene rings is 2. The molecule has 2 heterocycles. The summed E-state index contributed by atoms with van der Waals surface area (Å²) < 4.78 is 10.5. The third kappa shape index (κ3) is 7.43. The molecule has 0 aliphatic carbocycles. The van der Waals surface area contributed by atoms with E-state index in [2.05, 4.69) is 19.9 Å². The van der Waals surface area contributed by atoms with E-state index in [0.717, 1.165) is 0 Å². The van der Waals surface area contributed by atoms with E-state index in [1.165, 1.54) is 12.4 Å². The first kappa shape index (κ1) is 27.5. The fourth-order valence-electron chi connectivity index (χ4n) is 3.09. The molecule has 0 saturated heterocycles. The van der Waals surface area contributed by atoms with Crippen molar-refractivity contribution in [1.82, 2.24) is 19.9 Å². The molecule has 0 amide bonds. The van der Waals surface area contributed by atoms with Crippen LogP contribution in [0.4, 0.5) is 0 Å². The van der Waals surface area contributed by atoms with Crippen molar-refractivity contribution in [2.75, 3.05) is 13.2 Å². The van der Waals surface area contributed by atoms with E-state index in [0.29, 0.717) is 50.6 Å². The largest absolute Gasteiger partial charge is 0.462 e. The van der Waals surface area contributed by atoms with Crippen LogP contribution < -0.4 is 11.1 Å². The highest BCUT2D eigenvalue weighted by molar-refractivity contribution is 14.1. The van der Waals surface area contributed by atoms with Gasteiger partial charge in [-0.15, -0.1) is 0 Å². The Morgan fingerprint density at radius 3 is 1.76 bits per heavy atom. The lowest BCUT2D eigenvalue weighted by Crippen LogP contribution is -2.11. The molecule has 0 saturated carbocycles. The molecular weight excluding hydrogens is 591 g/mol. The zero-order chi connectivity index (χ0) is 26.8. The van der Waals surface area contributed by atoms with Gasteiger partial charge in [0.05, 0.1) is 24.3 Å². The molecule has 0 radical (unpaired) electrons. The van der Waals surface area contributed by atoms with Crippen LogP contribution in [0.2, 0.25) is 0 Å². The Kier molecular flexibility index (Phi) is 9.84. The van der Waals surface area contributed by atoms with Crippen molar-refractivity contribution in [2.45, 2.75) is 13.8 Å². The summed E-state index contributed by atoms with van der Waals surface area (Å²) in [6, 6.07) is 13.2. The summed E-state index contributed by atoms with van der Waals surface area (Å²) >= 11 is 2.02. The number of nitrogens with one attached hydrogen (secondary N) is 2. The Balaban J connectivity index is 0.000000206. The van der Waals surface area contributed by atoms with Crippen LogP contribution >= 0.6 is 22.6 Å². The second-order valence-electron chi connectivity index (χ2n) is 7.26. The Morgan fingerprint density at radius 2 is 1.27 bits per heavy atom. The highest BCUT2D eigenvalue weighted by atomic mass is 127. The van der Waals surface area contributed by atoms with Crippen molar-refractivity contribution in [2.24, 2.45) is 0 Å². The van der Waals surface area contributed by atoms with E-state index in [-0.39, 0.29) is 23.1 Å². The number of aromatic nitrogens is 4. The molecule has 190 valence electrons. The third-order valence-corrected chi connectivity index (χ3v) is 5.36. The molecule has 2 N–H and O–H groups in total. The quantitative estimate of drug-likeness (QED) is 0.247. The van der Waals surface area contributed by atoms with Gasteiger partial charge in [0, 0.05) is 29.7 Å². The minimum Gasteiger partial charge on any atom is -0.462 e. The van der Waals surface area contributed by atoms with Crippen molar-refractivity contribution in [3.8, 4) is 22.5 Å². The Hall–Kier alpha value is -4.13. The van der Waals surface area contributed by atoms with E-state index < -0.39 is 0 Å². The van der Waals surface area contributed by atoms with Crippen molar-refractivity contribution >= 4 is 34.5 Å². The Morgan fingerprint density at radius 1 is 0.784 bits per heavy atom. The molecule has 2 aromatic carbocycles. The van der Waals surface area contributed by atoms with Gasteiger partial charge in [-0.3, -0.25) is 9.59 Å². The summed E-state index contributed by atoms with van der Waals surface area (Å²) in [5.41, 5.74) is 2.36. The molecule has 0 fully saturated rings. The predicted molar refractivity (Wildman–Crippen MR) is 145 cm³/mol. The molecule has 0 spiro atoms. The van der Waals surface area contributed by atoms with Gasteiger partial charge in [-0.05, 0) is 60.7 Å². The van der Waals surface area contributed by atoms with Crippen molar-refractivity contribution in [3.63, 3.8) is 0 Å². The van der Waals surface area contributed by atoms with Gasteiger partial charge in [0.25, 0.3) is 11.1 Å². The van der Waals surface area contributed by atoms with Crippen LogP contribution in [0.1, 0.15) is 34.6 Å². The molecule has 0 atom stereocenters. The molecule has 10 nitrogen and oxygen atoms in total. The van der Waals surface area contributed by atoms with Gasteiger partial charge < -0.3 is 19.4 Å². The summed E-state index contributed by atoms with van der Waals surface area (Å²) in [6.45, 7) is 4.17. The minimum absolute atomic E-state index is 0.260. The fourth-order valence-corrected chi connectivity index (χ4v) is 3.49. The third-order valence-electron chi connectivity index (χ3n) is 4.80. The maximum absolute atomic E-state index is 11.7. The average Bonchev–Trinajstić information content (AvgIpc) is 2.91. The topological polar surface area (TPSA) is 144 Å². The van der Waals surface area contributed by atoms with Gasteiger partial charge in [-0.1, -0.05) is 24.3 Å². The summed E-state index contributed by atoms with van der Waals surface area (Å²) in [6.07, 6.45) is 4.52. The number of halogens is 1. The van der Waals surface area contributed by atoms with Crippen molar-refractivity contribution in [1.29, 1.82) is 0 Å². The second-order valence-corrected chi connectivity index (χ2v) is 8.37. The van der Waals surface area contributed by atoms with Crippen molar-refractivity contribution in [3.05, 3.63) is 103 Å². The van der Waals surface area contributed by atoms with Gasteiger partial charge in [0.15, 0.2) is 0 Å². The van der Waals surface area contributed by atoms with E-state index in [9.17, 15) is 19.2 Å². The van der Waals surface area contributed by atoms with Crippen molar-refractivity contribution < 1.29 is 19.1 Å². The van der Waals surface area contributed by atoms with E-state index in [1.54, 1.807) is 68.6 Å².